The average molecular weight is 469 g/mol. The van der Waals surface area contributed by atoms with Gasteiger partial charge in [-0.15, -0.1) is 0 Å². The van der Waals surface area contributed by atoms with Crippen LogP contribution in [-0.2, 0) is 9.53 Å². The Balaban J connectivity index is 1.68. The minimum atomic E-state index is -0.353. The average Bonchev–Trinajstić information content (AvgIpc) is 2.86. The molecule has 0 saturated carbocycles. The summed E-state index contributed by atoms with van der Waals surface area (Å²) in [6, 6.07) is 7.19. The van der Waals surface area contributed by atoms with Crippen molar-refractivity contribution < 1.29 is 19.0 Å². The Morgan fingerprint density at radius 3 is 2.24 bits per heavy atom. The molecule has 6 nitrogen and oxygen atoms in total. The maximum Gasteiger partial charge on any atom is 0.335 e. The Kier molecular flexibility index (Phi) is 14.3. The van der Waals surface area contributed by atoms with Crippen molar-refractivity contribution in [2.75, 3.05) is 19.8 Å². The van der Waals surface area contributed by atoms with Gasteiger partial charge in [0.25, 0.3) is 0 Å². The number of esters is 1. The van der Waals surface area contributed by atoms with E-state index < -0.39 is 0 Å². The van der Waals surface area contributed by atoms with Gasteiger partial charge in [0, 0.05) is 24.9 Å². The fraction of sp³-hybridized carbons (Fsp3) is 0.536. The molecule has 2 rings (SSSR count). The van der Waals surface area contributed by atoms with Gasteiger partial charge in [-0.3, -0.25) is 0 Å². The fourth-order valence-corrected chi connectivity index (χ4v) is 3.33. The molecule has 1 heterocycles. The number of carbonyl (C=O) groups excluding carboxylic acids is 1. The molecule has 0 aliphatic carbocycles. The van der Waals surface area contributed by atoms with Gasteiger partial charge in [-0.25, -0.2) is 14.8 Å². The molecule has 0 fully saturated rings. The summed E-state index contributed by atoms with van der Waals surface area (Å²) in [6.45, 7) is 6.53. The molecule has 186 valence electrons. The second kappa shape index (κ2) is 17.7. The molecule has 2 aromatic rings. The summed E-state index contributed by atoms with van der Waals surface area (Å²) in [5, 5.41) is 0. The number of unbranched alkanes of at least 4 members (excludes halogenated alkanes) is 7. The Hall–Kier alpha value is -2.73. The van der Waals surface area contributed by atoms with Gasteiger partial charge in [0.05, 0.1) is 19.0 Å². The van der Waals surface area contributed by atoms with Crippen molar-refractivity contribution >= 4 is 5.97 Å². The number of hydrogen-bond donors (Lipinski definition) is 0. The number of ether oxygens (including phenoxy) is 3. The van der Waals surface area contributed by atoms with Crippen molar-refractivity contribution in [1.82, 2.24) is 9.97 Å². The Morgan fingerprint density at radius 1 is 0.794 bits per heavy atom. The Labute approximate surface area is 204 Å². The van der Waals surface area contributed by atoms with Gasteiger partial charge in [-0.2, -0.15) is 0 Å². The number of hydrogen-bond acceptors (Lipinski definition) is 6. The van der Waals surface area contributed by atoms with Crippen LogP contribution < -0.4 is 9.47 Å². The highest BCUT2D eigenvalue weighted by Crippen LogP contribution is 2.20. The zero-order valence-electron chi connectivity index (χ0n) is 20.8. The molecule has 0 unspecified atom stereocenters. The summed E-state index contributed by atoms with van der Waals surface area (Å²) < 4.78 is 16.5. The molecule has 0 atom stereocenters. The number of rotatable bonds is 18. The number of carbonyl (C=O) groups is 1. The number of benzene rings is 1. The molecule has 0 aliphatic rings. The summed E-state index contributed by atoms with van der Waals surface area (Å²) in [5.41, 5.74) is 0.845. The quantitative estimate of drug-likeness (QED) is 0.102. The first kappa shape index (κ1) is 27.5. The molecule has 1 aromatic heterocycles. The van der Waals surface area contributed by atoms with Gasteiger partial charge < -0.3 is 14.2 Å². The van der Waals surface area contributed by atoms with Crippen LogP contribution in [0.1, 0.15) is 78.1 Å². The van der Waals surface area contributed by atoms with E-state index in [1.165, 1.54) is 38.2 Å². The molecular formula is C28H40N2O4. The van der Waals surface area contributed by atoms with E-state index >= 15 is 0 Å². The molecule has 0 radical (unpaired) electrons. The first-order valence-electron chi connectivity index (χ1n) is 12.7. The maximum absolute atomic E-state index is 12.0. The minimum absolute atomic E-state index is 0.353. The molecule has 0 spiro atoms. The number of aromatic nitrogens is 2. The first-order chi connectivity index (χ1) is 16.7. The van der Waals surface area contributed by atoms with E-state index in [-0.39, 0.29) is 5.97 Å². The van der Waals surface area contributed by atoms with E-state index in [2.05, 4.69) is 23.8 Å². The predicted octanol–water partition coefficient (Wildman–Crippen LogP) is 6.94. The molecule has 0 aliphatic heterocycles. The van der Waals surface area contributed by atoms with Crippen molar-refractivity contribution in [3.8, 4) is 22.9 Å². The van der Waals surface area contributed by atoms with E-state index in [1.807, 2.05) is 18.2 Å². The van der Waals surface area contributed by atoms with Crippen molar-refractivity contribution in [2.24, 2.45) is 0 Å². The van der Waals surface area contributed by atoms with Crippen LogP contribution in [0.4, 0.5) is 0 Å². The lowest BCUT2D eigenvalue weighted by Crippen LogP contribution is -2.03. The summed E-state index contributed by atoms with van der Waals surface area (Å²) >= 11 is 0. The van der Waals surface area contributed by atoms with Crippen molar-refractivity contribution in [3.63, 3.8) is 0 Å². The van der Waals surface area contributed by atoms with Gasteiger partial charge in [0.2, 0.25) is 0 Å². The molecule has 34 heavy (non-hydrogen) atoms. The second-order valence-electron chi connectivity index (χ2n) is 8.31. The molecule has 0 saturated heterocycles. The largest absolute Gasteiger partial charge is 0.490 e. The van der Waals surface area contributed by atoms with Crippen molar-refractivity contribution in [2.45, 2.75) is 78.1 Å². The van der Waals surface area contributed by atoms with Gasteiger partial charge in [0.15, 0.2) is 11.6 Å². The minimum Gasteiger partial charge on any atom is -0.490 e. The van der Waals surface area contributed by atoms with Crippen LogP contribution in [-0.4, -0.2) is 35.8 Å². The van der Waals surface area contributed by atoms with E-state index in [0.29, 0.717) is 23.9 Å². The molecular weight excluding hydrogens is 428 g/mol. The van der Waals surface area contributed by atoms with Gasteiger partial charge in [0.1, 0.15) is 5.75 Å². The smallest absolute Gasteiger partial charge is 0.335 e. The van der Waals surface area contributed by atoms with Crippen LogP contribution in [0.5, 0.6) is 11.5 Å². The molecule has 1 aromatic carbocycles. The Bertz CT molecular complexity index is 819. The summed E-state index contributed by atoms with van der Waals surface area (Å²) in [4.78, 5) is 20.8. The van der Waals surface area contributed by atoms with Crippen LogP contribution in [0.3, 0.4) is 0 Å². The summed E-state index contributed by atoms with van der Waals surface area (Å²) in [6.07, 6.45) is 18.1. The monoisotopic (exact) mass is 468 g/mol. The van der Waals surface area contributed by atoms with Crippen LogP contribution in [0.15, 0.2) is 48.8 Å². The lowest BCUT2D eigenvalue weighted by Gasteiger charge is -2.07. The van der Waals surface area contributed by atoms with Crippen molar-refractivity contribution in [3.05, 3.63) is 48.8 Å². The lowest BCUT2D eigenvalue weighted by molar-refractivity contribution is -0.129. The van der Waals surface area contributed by atoms with E-state index in [0.717, 1.165) is 50.9 Å². The number of allylic oxidation sites excluding steroid dienone is 1. The zero-order valence-corrected chi connectivity index (χ0v) is 20.8. The van der Waals surface area contributed by atoms with Crippen LogP contribution in [0, 0.1) is 0 Å². The first-order valence-corrected chi connectivity index (χ1v) is 12.7. The Morgan fingerprint density at radius 2 is 1.50 bits per heavy atom. The zero-order chi connectivity index (χ0) is 24.3. The number of nitrogens with zero attached hydrogens (tertiary/aromatic N) is 2. The fourth-order valence-electron chi connectivity index (χ4n) is 3.33. The van der Waals surface area contributed by atoms with Crippen molar-refractivity contribution in [1.29, 1.82) is 0 Å². The second-order valence-corrected chi connectivity index (χ2v) is 8.31. The van der Waals surface area contributed by atoms with E-state index in [4.69, 9.17) is 14.2 Å². The normalized spacial score (nSPS) is 11.1. The van der Waals surface area contributed by atoms with E-state index in [1.54, 1.807) is 24.5 Å². The third-order valence-electron chi connectivity index (χ3n) is 5.24. The van der Waals surface area contributed by atoms with Gasteiger partial charge >= 0.3 is 5.97 Å². The van der Waals surface area contributed by atoms with Crippen LogP contribution >= 0.6 is 0 Å². The molecule has 6 heteroatoms. The SMILES string of the molecule is CCCCCCCC/C=C/C(=O)Oc1ccc(-c2ncc(OCCCCOCCC)cn2)cc1. The van der Waals surface area contributed by atoms with E-state index in [9.17, 15) is 4.79 Å². The van der Waals surface area contributed by atoms with Crippen LogP contribution in [0.2, 0.25) is 0 Å². The van der Waals surface area contributed by atoms with Gasteiger partial charge in [-0.1, -0.05) is 52.0 Å². The summed E-state index contributed by atoms with van der Waals surface area (Å²) in [5.74, 6) is 1.39. The summed E-state index contributed by atoms with van der Waals surface area (Å²) in [7, 11) is 0. The predicted molar refractivity (Wildman–Crippen MR) is 136 cm³/mol. The highest BCUT2D eigenvalue weighted by Gasteiger charge is 2.05. The third kappa shape index (κ3) is 11.9. The van der Waals surface area contributed by atoms with Gasteiger partial charge in [-0.05, 0) is 56.4 Å². The third-order valence-corrected chi connectivity index (χ3v) is 5.24. The maximum atomic E-state index is 12.0. The highest BCUT2D eigenvalue weighted by molar-refractivity contribution is 5.84. The topological polar surface area (TPSA) is 70.5 Å². The molecule has 0 bridgehead atoms. The molecule has 0 N–H and O–H groups in total. The highest BCUT2D eigenvalue weighted by atomic mass is 16.5. The molecule has 0 amide bonds. The van der Waals surface area contributed by atoms with Crippen LogP contribution in [0.25, 0.3) is 11.4 Å². The standard InChI is InChI=1S/C28H40N2O4/c1-3-5-6-7-8-9-10-11-14-27(31)34-25-17-15-24(16-18-25)28-29-22-26(23-30-28)33-21-13-12-20-32-19-4-2/h11,14-18,22-23H,3-10,12-13,19-21H2,1-2H3/b14-11+. The lowest BCUT2D eigenvalue weighted by atomic mass is 10.1.